The molecule has 2 N–H and O–H groups in total. The zero-order valence-electron chi connectivity index (χ0n) is 16.2. The largest absolute Gasteiger partial charge is 0.489 e. The lowest BCUT2D eigenvalue weighted by Gasteiger charge is -2.08. The Kier molecular flexibility index (Phi) is 5.54. The lowest BCUT2D eigenvalue weighted by molar-refractivity contribution is -0.139. The standard InChI is InChI=1S/C21H16N2O7S/c1-11-18(29-10-17(24)25)20(21(26)27)31-19(11)13-3-2-4-14(8-13)28-9-12-5-6-15-16(7-12)23-30-22-15/h2-8H,9-10H2,1H3,(H,24,25)(H,26,27). The fraction of sp³-hybridized carbons (Fsp3) is 0.143. The molecule has 2 heterocycles. The summed E-state index contributed by atoms with van der Waals surface area (Å²) in [7, 11) is 0. The van der Waals surface area contributed by atoms with Crippen LogP contribution in [0.1, 0.15) is 20.8 Å². The molecule has 9 nitrogen and oxygen atoms in total. The molecule has 0 radical (unpaired) electrons. The molecular weight excluding hydrogens is 424 g/mol. The molecule has 0 saturated carbocycles. The Morgan fingerprint density at radius 2 is 1.87 bits per heavy atom. The molecule has 0 spiro atoms. The van der Waals surface area contributed by atoms with Gasteiger partial charge in [-0.2, -0.15) is 0 Å². The van der Waals surface area contributed by atoms with Crippen molar-refractivity contribution in [3.63, 3.8) is 0 Å². The molecule has 0 aliphatic carbocycles. The lowest BCUT2D eigenvalue weighted by atomic mass is 10.1. The van der Waals surface area contributed by atoms with Crippen LogP contribution in [0.2, 0.25) is 0 Å². The van der Waals surface area contributed by atoms with Crippen molar-refractivity contribution in [3.05, 3.63) is 58.5 Å². The van der Waals surface area contributed by atoms with Gasteiger partial charge >= 0.3 is 11.9 Å². The highest BCUT2D eigenvalue weighted by Crippen LogP contribution is 2.42. The number of hydrogen-bond donors (Lipinski definition) is 2. The zero-order chi connectivity index (χ0) is 22.0. The third-order valence-electron chi connectivity index (χ3n) is 4.45. The van der Waals surface area contributed by atoms with Crippen LogP contribution in [0, 0.1) is 6.92 Å². The Morgan fingerprint density at radius 1 is 1.06 bits per heavy atom. The Hall–Kier alpha value is -3.92. The average Bonchev–Trinajstić information content (AvgIpc) is 3.34. The molecular formula is C21H16N2O7S. The molecule has 0 aliphatic heterocycles. The summed E-state index contributed by atoms with van der Waals surface area (Å²) in [4.78, 5) is 23.1. The van der Waals surface area contributed by atoms with Crippen molar-refractivity contribution < 1.29 is 33.9 Å². The van der Waals surface area contributed by atoms with E-state index in [2.05, 4.69) is 10.3 Å². The number of aromatic carboxylic acids is 1. The normalized spacial score (nSPS) is 10.9. The molecule has 31 heavy (non-hydrogen) atoms. The van der Waals surface area contributed by atoms with Gasteiger partial charge in [0, 0.05) is 10.4 Å². The van der Waals surface area contributed by atoms with Crippen LogP contribution in [0.25, 0.3) is 21.5 Å². The topological polar surface area (TPSA) is 132 Å². The van der Waals surface area contributed by atoms with E-state index in [9.17, 15) is 14.7 Å². The molecule has 158 valence electrons. The number of nitrogens with zero attached hydrogens (tertiary/aromatic N) is 2. The highest BCUT2D eigenvalue weighted by atomic mass is 32.1. The molecule has 4 aromatic rings. The molecule has 0 amide bonds. The fourth-order valence-corrected chi connectivity index (χ4v) is 4.12. The van der Waals surface area contributed by atoms with E-state index in [1.807, 2.05) is 18.2 Å². The number of aliphatic carboxylic acids is 1. The van der Waals surface area contributed by atoms with Gasteiger partial charge < -0.3 is 19.7 Å². The Bertz CT molecular complexity index is 1280. The summed E-state index contributed by atoms with van der Waals surface area (Å²) in [5.41, 5.74) is 3.49. The van der Waals surface area contributed by atoms with Crippen molar-refractivity contribution in [3.8, 4) is 21.9 Å². The number of hydrogen-bond acceptors (Lipinski definition) is 8. The summed E-state index contributed by atoms with van der Waals surface area (Å²) in [6.45, 7) is 1.37. The van der Waals surface area contributed by atoms with Gasteiger partial charge in [0.05, 0.1) is 0 Å². The summed E-state index contributed by atoms with van der Waals surface area (Å²) in [5.74, 6) is -1.70. The number of ether oxygens (including phenoxy) is 2. The minimum absolute atomic E-state index is 0.0467. The van der Waals surface area contributed by atoms with Crippen molar-refractivity contribution in [1.82, 2.24) is 10.3 Å². The van der Waals surface area contributed by atoms with Crippen molar-refractivity contribution in [2.75, 3.05) is 6.61 Å². The Labute approximate surface area is 179 Å². The van der Waals surface area contributed by atoms with Crippen molar-refractivity contribution in [2.45, 2.75) is 13.5 Å². The van der Waals surface area contributed by atoms with Crippen molar-refractivity contribution in [1.29, 1.82) is 0 Å². The van der Waals surface area contributed by atoms with Gasteiger partial charge in [-0.15, -0.1) is 11.3 Å². The molecule has 0 fully saturated rings. The van der Waals surface area contributed by atoms with Crippen LogP contribution < -0.4 is 9.47 Å². The van der Waals surface area contributed by atoms with Crippen LogP contribution in [0.15, 0.2) is 47.1 Å². The van der Waals surface area contributed by atoms with Crippen LogP contribution >= 0.6 is 11.3 Å². The predicted octanol–water partition coefficient (Wildman–Crippen LogP) is 4.00. The zero-order valence-corrected chi connectivity index (χ0v) is 17.0. The molecule has 0 saturated heterocycles. The molecule has 2 aromatic carbocycles. The van der Waals surface area contributed by atoms with Gasteiger partial charge in [0.15, 0.2) is 11.5 Å². The van der Waals surface area contributed by atoms with Crippen molar-refractivity contribution in [2.24, 2.45) is 0 Å². The third-order valence-corrected chi connectivity index (χ3v) is 5.76. The monoisotopic (exact) mass is 440 g/mol. The minimum Gasteiger partial charge on any atom is -0.489 e. The number of carbonyl (C=O) groups is 2. The predicted molar refractivity (Wildman–Crippen MR) is 111 cm³/mol. The molecule has 0 atom stereocenters. The van der Waals surface area contributed by atoms with Crippen LogP contribution in [-0.4, -0.2) is 39.1 Å². The summed E-state index contributed by atoms with van der Waals surface area (Å²) in [6.07, 6.45) is 0. The molecule has 4 rings (SSSR count). The number of fused-ring (bicyclic) bond motifs is 1. The van der Waals surface area contributed by atoms with Crippen LogP contribution in [0.3, 0.4) is 0 Å². The van der Waals surface area contributed by atoms with Gasteiger partial charge in [-0.25, -0.2) is 14.2 Å². The number of carboxylic acid groups (broad SMARTS) is 2. The smallest absolute Gasteiger partial charge is 0.349 e. The molecule has 0 aliphatic rings. The van der Waals surface area contributed by atoms with E-state index in [1.54, 1.807) is 31.2 Å². The average molecular weight is 440 g/mol. The van der Waals surface area contributed by atoms with E-state index in [0.717, 1.165) is 22.5 Å². The fourth-order valence-electron chi connectivity index (χ4n) is 3.03. The van der Waals surface area contributed by atoms with E-state index in [4.69, 9.17) is 19.2 Å². The summed E-state index contributed by atoms with van der Waals surface area (Å²) in [6, 6.07) is 12.7. The van der Waals surface area contributed by atoms with Gasteiger partial charge in [0.1, 0.15) is 29.1 Å². The first-order chi connectivity index (χ1) is 14.9. The maximum absolute atomic E-state index is 11.6. The molecule has 2 aromatic heterocycles. The second kappa shape index (κ2) is 8.44. The van der Waals surface area contributed by atoms with Gasteiger partial charge in [0.2, 0.25) is 0 Å². The summed E-state index contributed by atoms with van der Waals surface area (Å²) >= 11 is 1.03. The van der Waals surface area contributed by atoms with Gasteiger partial charge in [-0.1, -0.05) is 18.2 Å². The first-order valence-electron chi connectivity index (χ1n) is 9.08. The Morgan fingerprint density at radius 3 is 2.65 bits per heavy atom. The van der Waals surface area contributed by atoms with Crippen LogP contribution in [0.5, 0.6) is 11.5 Å². The Balaban J connectivity index is 1.57. The number of thiophene rings is 1. The molecule has 0 bridgehead atoms. The number of aromatic nitrogens is 2. The SMILES string of the molecule is Cc1c(-c2cccc(OCc3ccc4nonc4c3)c2)sc(C(=O)O)c1OCC(=O)O. The molecule has 0 unspecified atom stereocenters. The van der Waals surface area contributed by atoms with Crippen LogP contribution in [-0.2, 0) is 11.4 Å². The highest BCUT2D eigenvalue weighted by molar-refractivity contribution is 7.18. The summed E-state index contributed by atoms with van der Waals surface area (Å²) < 4.78 is 15.8. The van der Waals surface area contributed by atoms with Crippen LogP contribution in [0.4, 0.5) is 0 Å². The van der Waals surface area contributed by atoms with E-state index in [0.29, 0.717) is 33.8 Å². The number of carboxylic acids is 2. The number of benzene rings is 2. The first-order valence-corrected chi connectivity index (χ1v) is 9.89. The van der Waals surface area contributed by atoms with E-state index < -0.39 is 18.5 Å². The van der Waals surface area contributed by atoms with Gasteiger partial charge in [-0.05, 0) is 52.6 Å². The van der Waals surface area contributed by atoms with E-state index >= 15 is 0 Å². The molecule has 10 heteroatoms. The number of rotatable bonds is 8. The highest BCUT2D eigenvalue weighted by Gasteiger charge is 2.23. The second-order valence-corrected chi connectivity index (χ2v) is 7.63. The van der Waals surface area contributed by atoms with Gasteiger partial charge in [-0.3, -0.25) is 0 Å². The van der Waals surface area contributed by atoms with Gasteiger partial charge in [0.25, 0.3) is 0 Å². The maximum Gasteiger partial charge on any atom is 0.349 e. The minimum atomic E-state index is -1.18. The third kappa shape index (κ3) is 4.33. The lowest BCUT2D eigenvalue weighted by Crippen LogP contribution is -2.11. The van der Waals surface area contributed by atoms with E-state index in [1.165, 1.54) is 0 Å². The van der Waals surface area contributed by atoms with E-state index in [-0.39, 0.29) is 10.6 Å². The second-order valence-electron chi connectivity index (χ2n) is 6.61. The first kappa shape index (κ1) is 20.4. The summed E-state index contributed by atoms with van der Waals surface area (Å²) in [5, 5.41) is 25.9. The maximum atomic E-state index is 11.6. The van der Waals surface area contributed by atoms with Crippen molar-refractivity contribution >= 4 is 34.3 Å². The quantitative estimate of drug-likeness (QED) is 0.417.